The molecule has 0 amide bonds. The van der Waals surface area contributed by atoms with Crippen molar-refractivity contribution in [2.75, 3.05) is 0 Å². The van der Waals surface area contributed by atoms with E-state index in [0.717, 1.165) is 16.6 Å². The molecule has 2 aromatic rings. The van der Waals surface area contributed by atoms with E-state index in [1.54, 1.807) is 0 Å². The number of carbonyl (C=O) groups excluding carboxylic acids is 1. The molecule has 0 fully saturated rings. The molecule has 0 aliphatic heterocycles. The second kappa shape index (κ2) is 3.87. The highest BCUT2D eigenvalue weighted by atomic mass is 16.1. The lowest BCUT2D eigenvalue weighted by atomic mass is 10.1. The molecule has 0 spiro atoms. The second-order valence-electron chi connectivity index (χ2n) is 3.80. The largest absolute Gasteiger partial charge is 0.358 e. The van der Waals surface area contributed by atoms with Crippen LogP contribution in [-0.2, 0) is 11.2 Å². The van der Waals surface area contributed by atoms with E-state index in [-0.39, 0.29) is 5.78 Å². The zero-order chi connectivity index (χ0) is 10.8. The van der Waals surface area contributed by atoms with E-state index < -0.39 is 6.04 Å². The summed E-state index contributed by atoms with van der Waals surface area (Å²) in [5.41, 5.74) is 7.80. The number of hydrogen-bond donors (Lipinski definition) is 2. The average Bonchev–Trinajstić information content (AvgIpc) is 2.59. The second-order valence-corrected chi connectivity index (χ2v) is 3.80. The molecule has 0 aliphatic rings. The molecule has 1 heterocycles. The first kappa shape index (κ1) is 9.93. The third-order valence-corrected chi connectivity index (χ3v) is 2.55. The highest BCUT2D eigenvalue weighted by Crippen LogP contribution is 2.15. The Kier molecular flexibility index (Phi) is 2.56. The summed E-state index contributed by atoms with van der Waals surface area (Å²) < 4.78 is 0. The zero-order valence-electron chi connectivity index (χ0n) is 8.66. The number of aromatic nitrogens is 1. The Morgan fingerprint density at radius 1 is 1.47 bits per heavy atom. The van der Waals surface area contributed by atoms with Crippen LogP contribution in [0, 0.1) is 0 Å². The Labute approximate surface area is 88.3 Å². The van der Waals surface area contributed by atoms with Crippen molar-refractivity contribution < 1.29 is 4.79 Å². The fourth-order valence-electron chi connectivity index (χ4n) is 1.62. The van der Waals surface area contributed by atoms with Gasteiger partial charge in [0.25, 0.3) is 0 Å². The van der Waals surface area contributed by atoms with Crippen LogP contribution in [0.5, 0.6) is 0 Å². The summed E-state index contributed by atoms with van der Waals surface area (Å²) in [6, 6.07) is 9.65. The summed E-state index contributed by atoms with van der Waals surface area (Å²) in [7, 11) is 0. The topological polar surface area (TPSA) is 58.9 Å². The highest BCUT2D eigenvalue weighted by molar-refractivity contribution is 5.83. The van der Waals surface area contributed by atoms with Gasteiger partial charge in [0, 0.05) is 17.6 Å². The van der Waals surface area contributed by atoms with Gasteiger partial charge in [0.15, 0.2) is 0 Å². The van der Waals surface area contributed by atoms with Crippen LogP contribution >= 0.6 is 0 Å². The maximum Gasteiger partial charge on any atom is 0.146 e. The van der Waals surface area contributed by atoms with E-state index in [0.29, 0.717) is 6.42 Å². The standard InChI is InChI=1S/C12H14N2O/c1-8(15)11(13)7-10-6-9-4-2-3-5-12(9)14-10/h2-6,11,14H,7,13H2,1H3/t11-/m0/s1. The Morgan fingerprint density at radius 2 is 2.20 bits per heavy atom. The van der Waals surface area contributed by atoms with Gasteiger partial charge in [0.1, 0.15) is 5.78 Å². The Morgan fingerprint density at radius 3 is 2.87 bits per heavy atom. The van der Waals surface area contributed by atoms with Gasteiger partial charge in [-0.15, -0.1) is 0 Å². The van der Waals surface area contributed by atoms with Crippen molar-refractivity contribution in [2.24, 2.45) is 5.73 Å². The number of ketones is 1. The predicted molar refractivity (Wildman–Crippen MR) is 60.7 cm³/mol. The van der Waals surface area contributed by atoms with Crippen LogP contribution in [0.4, 0.5) is 0 Å². The van der Waals surface area contributed by atoms with E-state index in [9.17, 15) is 4.79 Å². The van der Waals surface area contributed by atoms with Gasteiger partial charge in [-0.05, 0) is 24.4 Å². The third-order valence-electron chi connectivity index (χ3n) is 2.55. The Balaban J connectivity index is 2.26. The smallest absolute Gasteiger partial charge is 0.146 e. The molecule has 0 bridgehead atoms. The minimum absolute atomic E-state index is 0.0219. The predicted octanol–water partition coefficient (Wildman–Crippen LogP) is 1.63. The average molecular weight is 202 g/mol. The number of fused-ring (bicyclic) bond motifs is 1. The van der Waals surface area contributed by atoms with Gasteiger partial charge in [0.05, 0.1) is 6.04 Å². The lowest BCUT2D eigenvalue weighted by Crippen LogP contribution is -2.30. The number of rotatable bonds is 3. The number of benzene rings is 1. The molecule has 3 nitrogen and oxygen atoms in total. The fourth-order valence-corrected chi connectivity index (χ4v) is 1.62. The molecule has 0 aliphatic carbocycles. The molecule has 2 rings (SSSR count). The van der Waals surface area contributed by atoms with Crippen molar-refractivity contribution >= 4 is 16.7 Å². The molecule has 1 atom stereocenters. The van der Waals surface area contributed by atoms with Gasteiger partial charge in [-0.1, -0.05) is 18.2 Å². The number of hydrogen-bond acceptors (Lipinski definition) is 2. The molecular weight excluding hydrogens is 188 g/mol. The molecule has 78 valence electrons. The van der Waals surface area contributed by atoms with Crippen molar-refractivity contribution in [3.8, 4) is 0 Å². The fraction of sp³-hybridized carbons (Fsp3) is 0.250. The van der Waals surface area contributed by atoms with Gasteiger partial charge in [-0.25, -0.2) is 0 Å². The molecule has 3 heteroatoms. The Hall–Kier alpha value is -1.61. The van der Waals surface area contributed by atoms with Crippen LogP contribution in [-0.4, -0.2) is 16.8 Å². The minimum Gasteiger partial charge on any atom is -0.358 e. The molecule has 15 heavy (non-hydrogen) atoms. The minimum atomic E-state index is -0.405. The molecule has 0 unspecified atom stereocenters. The maximum absolute atomic E-state index is 11.0. The van der Waals surface area contributed by atoms with Gasteiger partial charge < -0.3 is 10.7 Å². The lowest BCUT2D eigenvalue weighted by molar-refractivity contribution is -0.118. The summed E-state index contributed by atoms with van der Waals surface area (Å²) in [6.45, 7) is 1.52. The number of Topliss-reactive ketones (excluding diaryl/α,β-unsaturated/α-hetero) is 1. The van der Waals surface area contributed by atoms with Gasteiger partial charge in [-0.2, -0.15) is 0 Å². The SMILES string of the molecule is CC(=O)[C@@H](N)Cc1cc2ccccc2[nH]1. The number of nitrogens with two attached hydrogens (primary N) is 1. The van der Waals surface area contributed by atoms with Crippen LogP contribution in [0.25, 0.3) is 10.9 Å². The summed E-state index contributed by atoms with van der Waals surface area (Å²) in [4.78, 5) is 14.3. The van der Waals surface area contributed by atoms with Crippen LogP contribution < -0.4 is 5.73 Å². The van der Waals surface area contributed by atoms with Crippen molar-refractivity contribution in [3.63, 3.8) is 0 Å². The third kappa shape index (κ3) is 2.07. The van der Waals surface area contributed by atoms with Crippen molar-refractivity contribution in [2.45, 2.75) is 19.4 Å². The molecule has 1 aromatic carbocycles. The normalized spacial score (nSPS) is 12.9. The molecular formula is C12H14N2O. The molecule has 0 saturated heterocycles. The maximum atomic E-state index is 11.0. The van der Waals surface area contributed by atoms with E-state index in [1.165, 1.54) is 6.92 Å². The molecule has 0 saturated carbocycles. The first-order valence-corrected chi connectivity index (χ1v) is 4.99. The number of H-pyrrole nitrogens is 1. The van der Waals surface area contributed by atoms with Gasteiger partial charge >= 0.3 is 0 Å². The van der Waals surface area contributed by atoms with E-state index in [4.69, 9.17) is 5.73 Å². The number of carbonyl (C=O) groups is 1. The van der Waals surface area contributed by atoms with Crippen molar-refractivity contribution in [3.05, 3.63) is 36.0 Å². The summed E-state index contributed by atoms with van der Waals surface area (Å²) >= 11 is 0. The van der Waals surface area contributed by atoms with Gasteiger partial charge in [-0.3, -0.25) is 4.79 Å². The Bertz CT molecular complexity index is 454. The summed E-state index contributed by atoms with van der Waals surface area (Å²) in [5.74, 6) is 0.0219. The van der Waals surface area contributed by atoms with Crippen LogP contribution in [0.15, 0.2) is 30.3 Å². The quantitative estimate of drug-likeness (QED) is 0.794. The van der Waals surface area contributed by atoms with Crippen molar-refractivity contribution in [1.82, 2.24) is 4.98 Å². The van der Waals surface area contributed by atoms with E-state index in [2.05, 4.69) is 4.98 Å². The monoisotopic (exact) mass is 202 g/mol. The van der Waals surface area contributed by atoms with Crippen LogP contribution in [0.1, 0.15) is 12.6 Å². The summed E-state index contributed by atoms with van der Waals surface area (Å²) in [6.07, 6.45) is 0.573. The van der Waals surface area contributed by atoms with Crippen molar-refractivity contribution in [1.29, 1.82) is 0 Å². The molecule has 0 radical (unpaired) electrons. The number of aromatic amines is 1. The number of nitrogens with one attached hydrogen (secondary N) is 1. The van der Waals surface area contributed by atoms with E-state index >= 15 is 0 Å². The zero-order valence-corrected chi connectivity index (χ0v) is 8.66. The molecule has 3 N–H and O–H groups in total. The van der Waals surface area contributed by atoms with Crippen LogP contribution in [0.3, 0.4) is 0 Å². The first-order chi connectivity index (χ1) is 7.16. The number of para-hydroxylation sites is 1. The van der Waals surface area contributed by atoms with E-state index in [1.807, 2.05) is 30.3 Å². The highest BCUT2D eigenvalue weighted by Gasteiger charge is 2.10. The van der Waals surface area contributed by atoms with Crippen LogP contribution in [0.2, 0.25) is 0 Å². The first-order valence-electron chi connectivity index (χ1n) is 4.99. The molecule has 1 aromatic heterocycles. The van der Waals surface area contributed by atoms with Gasteiger partial charge in [0.2, 0.25) is 0 Å². The lowest BCUT2D eigenvalue weighted by Gasteiger charge is -2.04. The summed E-state index contributed by atoms with van der Waals surface area (Å²) in [5, 5.41) is 1.16.